The molecule has 0 saturated carbocycles. The Kier molecular flexibility index (Phi) is 4.06. The maximum absolute atomic E-state index is 9.19. The van der Waals surface area contributed by atoms with Crippen molar-refractivity contribution in [3.05, 3.63) is 46.2 Å². The summed E-state index contributed by atoms with van der Waals surface area (Å²) < 4.78 is 5.72. The van der Waals surface area contributed by atoms with Crippen LogP contribution < -0.4 is 0 Å². The summed E-state index contributed by atoms with van der Waals surface area (Å²) in [4.78, 5) is 8.81. The first-order chi connectivity index (χ1) is 8.76. The van der Waals surface area contributed by atoms with E-state index in [2.05, 4.69) is 9.97 Å². The summed E-state index contributed by atoms with van der Waals surface area (Å²) in [7, 11) is 1.66. The van der Waals surface area contributed by atoms with E-state index in [0.29, 0.717) is 5.69 Å². The van der Waals surface area contributed by atoms with E-state index in [1.807, 2.05) is 24.4 Å². The molecule has 5 heteroatoms. The molecule has 1 N–H and O–H groups in total. The van der Waals surface area contributed by atoms with Crippen molar-refractivity contribution in [1.29, 1.82) is 0 Å². The minimum absolute atomic E-state index is 0.0742. The molecule has 0 fully saturated rings. The van der Waals surface area contributed by atoms with Gasteiger partial charge in [0.15, 0.2) is 5.60 Å². The van der Waals surface area contributed by atoms with Gasteiger partial charge in [-0.2, -0.15) is 0 Å². The third-order valence-corrected chi connectivity index (χ3v) is 3.92. The minimum atomic E-state index is -0.626. The molecule has 0 aliphatic rings. The van der Waals surface area contributed by atoms with Crippen molar-refractivity contribution in [1.82, 2.24) is 9.97 Å². The van der Waals surface area contributed by atoms with Crippen LogP contribution in [-0.2, 0) is 16.9 Å². The lowest BCUT2D eigenvalue weighted by atomic mass is 9.96. The molecule has 2 heterocycles. The molecular weight excluding hydrogens is 248 g/mol. The highest BCUT2D eigenvalue weighted by Gasteiger charge is 2.36. The van der Waals surface area contributed by atoms with E-state index in [1.165, 1.54) is 0 Å². The molecular formula is C13H16N2O2S. The molecule has 0 bridgehead atoms. The molecule has 0 aliphatic heterocycles. The van der Waals surface area contributed by atoms with Gasteiger partial charge in [0, 0.05) is 18.7 Å². The van der Waals surface area contributed by atoms with E-state index in [-0.39, 0.29) is 6.61 Å². The van der Waals surface area contributed by atoms with Gasteiger partial charge in [-0.05, 0) is 18.6 Å². The Morgan fingerprint density at radius 1 is 1.44 bits per heavy atom. The van der Waals surface area contributed by atoms with Crippen molar-refractivity contribution in [2.45, 2.75) is 25.6 Å². The first-order valence-electron chi connectivity index (χ1n) is 5.79. The molecule has 4 nitrogen and oxygen atoms in total. The van der Waals surface area contributed by atoms with Gasteiger partial charge in [0.2, 0.25) is 0 Å². The fourth-order valence-electron chi connectivity index (χ4n) is 1.99. The summed E-state index contributed by atoms with van der Waals surface area (Å²) in [6.07, 6.45) is 2.50. The van der Waals surface area contributed by atoms with Crippen LogP contribution >= 0.6 is 11.3 Å². The van der Waals surface area contributed by atoms with Gasteiger partial charge >= 0.3 is 0 Å². The van der Waals surface area contributed by atoms with Gasteiger partial charge < -0.3 is 9.84 Å². The lowest BCUT2D eigenvalue weighted by molar-refractivity contribution is 0.0145. The zero-order valence-corrected chi connectivity index (χ0v) is 11.3. The molecule has 2 rings (SSSR count). The first-order valence-corrected chi connectivity index (χ1v) is 6.67. The maximum Gasteiger partial charge on any atom is 0.160 e. The van der Waals surface area contributed by atoms with Crippen LogP contribution in [0.15, 0.2) is 29.8 Å². The second kappa shape index (κ2) is 5.56. The third kappa shape index (κ3) is 2.16. The van der Waals surface area contributed by atoms with Crippen LogP contribution in [-0.4, -0.2) is 22.2 Å². The Morgan fingerprint density at radius 3 is 2.83 bits per heavy atom. The predicted molar refractivity (Wildman–Crippen MR) is 70.4 cm³/mol. The number of nitrogens with zero attached hydrogens (tertiary/aromatic N) is 2. The van der Waals surface area contributed by atoms with Crippen LogP contribution in [0.25, 0.3) is 0 Å². The first kappa shape index (κ1) is 13.1. The number of thiazole rings is 1. The van der Waals surface area contributed by atoms with Crippen molar-refractivity contribution in [2.75, 3.05) is 7.11 Å². The van der Waals surface area contributed by atoms with Crippen LogP contribution in [0.3, 0.4) is 0 Å². The molecule has 2 aromatic heterocycles. The van der Waals surface area contributed by atoms with Gasteiger partial charge in [-0.15, -0.1) is 11.3 Å². The van der Waals surface area contributed by atoms with Gasteiger partial charge in [-0.3, -0.25) is 4.98 Å². The second-order valence-electron chi connectivity index (χ2n) is 3.89. The van der Waals surface area contributed by atoms with Crippen LogP contribution in [0.4, 0.5) is 0 Å². The molecule has 0 aromatic carbocycles. The van der Waals surface area contributed by atoms with Crippen LogP contribution in [0, 0.1) is 0 Å². The zero-order valence-electron chi connectivity index (χ0n) is 10.5. The maximum atomic E-state index is 9.19. The summed E-state index contributed by atoms with van der Waals surface area (Å²) in [5.41, 5.74) is 0.798. The second-order valence-corrected chi connectivity index (χ2v) is 4.79. The van der Waals surface area contributed by atoms with Gasteiger partial charge in [0.1, 0.15) is 5.01 Å². The number of ether oxygens (including phenoxy) is 1. The lowest BCUT2D eigenvalue weighted by Crippen LogP contribution is -2.30. The fourth-order valence-corrected chi connectivity index (χ4v) is 2.89. The van der Waals surface area contributed by atoms with Crippen molar-refractivity contribution in [2.24, 2.45) is 0 Å². The average Bonchev–Trinajstić information content (AvgIpc) is 2.96. The Morgan fingerprint density at radius 2 is 2.28 bits per heavy atom. The van der Waals surface area contributed by atoms with E-state index in [9.17, 15) is 5.11 Å². The van der Waals surface area contributed by atoms with Gasteiger partial charge in [-0.25, -0.2) is 4.98 Å². The number of hydrogen-bond acceptors (Lipinski definition) is 5. The summed E-state index contributed by atoms with van der Waals surface area (Å²) in [5, 5.41) is 12.0. The standard InChI is InChI=1S/C13H16N2O2S/c1-3-13(17-2,12-14-7-8-18-12)11-6-4-5-10(9-16)15-11/h4-8,16H,3,9H2,1-2H3. The quantitative estimate of drug-likeness (QED) is 0.900. The Hall–Kier alpha value is -1.30. The summed E-state index contributed by atoms with van der Waals surface area (Å²) in [6.45, 7) is 1.97. The van der Waals surface area contributed by atoms with E-state index >= 15 is 0 Å². The zero-order chi connectivity index (χ0) is 13.0. The predicted octanol–water partition coefficient (Wildman–Crippen LogP) is 2.33. The summed E-state index contributed by atoms with van der Waals surface area (Å²) in [5.74, 6) is 0. The normalized spacial score (nSPS) is 14.4. The Balaban J connectivity index is 2.53. The van der Waals surface area contributed by atoms with Crippen molar-refractivity contribution in [3.8, 4) is 0 Å². The van der Waals surface area contributed by atoms with Crippen molar-refractivity contribution < 1.29 is 9.84 Å². The number of aromatic nitrogens is 2. The van der Waals surface area contributed by atoms with Gasteiger partial charge in [0.05, 0.1) is 18.0 Å². The van der Waals surface area contributed by atoms with E-state index in [0.717, 1.165) is 17.1 Å². The SMILES string of the molecule is CCC(OC)(c1cccc(CO)n1)c1nccs1. The summed E-state index contributed by atoms with van der Waals surface area (Å²) >= 11 is 1.55. The average molecular weight is 264 g/mol. The molecule has 0 amide bonds. The molecule has 0 saturated heterocycles. The van der Waals surface area contributed by atoms with Crippen molar-refractivity contribution in [3.63, 3.8) is 0 Å². The van der Waals surface area contributed by atoms with Crippen molar-refractivity contribution >= 4 is 11.3 Å². The highest BCUT2D eigenvalue weighted by atomic mass is 32.1. The Bertz CT molecular complexity index is 495. The number of aliphatic hydroxyl groups is 1. The van der Waals surface area contributed by atoms with Crippen LogP contribution in [0.1, 0.15) is 29.7 Å². The highest BCUT2D eigenvalue weighted by molar-refractivity contribution is 7.09. The monoisotopic (exact) mass is 264 g/mol. The molecule has 0 aliphatic carbocycles. The number of rotatable bonds is 5. The van der Waals surface area contributed by atoms with E-state index in [4.69, 9.17) is 4.74 Å². The molecule has 1 unspecified atom stereocenters. The molecule has 1 atom stereocenters. The van der Waals surface area contributed by atoms with E-state index < -0.39 is 5.60 Å². The topological polar surface area (TPSA) is 55.2 Å². The smallest absolute Gasteiger partial charge is 0.160 e. The number of methoxy groups -OCH3 is 1. The largest absolute Gasteiger partial charge is 0.390 e. The molecule has 96 valence electrons. The van der Waals surface area contributed by atoms with Crippen LogP contribution in [0.5, 0.6) is 0 Å². The molecule has 2 aromatic rings. The Labute approximate surface area is 110 Å². The number of pyridine rings is 1. The number of aliphatic hydroxyl groups excluding tert-OH is 1. The third-order valence-electron chi connectivity index (χ3n) is 3.01. The molecule has 0 spiro atoms. The lowest BCUT2D eigenvalue weighted by Gasteiger charge is -2.28. The summed E-state index contributed by atoms with van der Waals surface area (Å²) in [6, 6.07) is 5.58. The van der Waals surface area contributed by atoms with Gasteiger partial charge in [-0.1, -0.05) is 13.0 Å². The number of hydrogen-bond donors (Lipinski definition) is 1. The highest BCUT2D eigenvalue weighted by Crippen LogP contribution is 2.36. The molecule has 18 heavy (non-hydrogen) atoms. The fraction of sp³-hybridized carbons (Fsp3) is 0.385. The van der Waals surface area contributed by atoms with Crippen LogP contribution in [0.2, 0.25) is 0 Å². The van der Waals surface area contributed by atoms with Gasteiger partial charge in [0.25, 0.3) is 0 Å². The molecule has 0 radical (unpaired) electrons. The van der Waals surface area contributed by atoms with E-state index in [1.54, 1.807) is 30.7 Å². The minimum Gasteiger partial charge on any atom is -0.390 e.